The van der Waals surface area contributed by atoms with Crippen molar-refractivity contribution >= 4 is 11.3 Å². The largest absolute Gasteiger partial charge is 0.393 e. The Morgan fingerprint density at radius 3 is 2.87 bits per heavy atom. The van der Waals surface area contributed by atoms with Gasteiger partial charge in [-0.15, -0.1) is 21.5 Å². The summed E-state index contributed by atoms with van der Waals surface area (Å²) in [5.41, 5.74) is 0.943. The molecule has 0 fully saturated rings. The molecule has 1 N–H and O–H groups in total. The first kappa shape index (κ1) is 16.4. The summed E-state index contributed by atoms with van der Waals surface area (Å²) in [6.45, 7) is 2.92. The van der Waals surface area contributed by atoms with Crippen molar-refractivity contribution in [3.8, 4) is 0 Å². The number of halogens is 3. The van der Waals surface area contributed by atoms with Crippen LogP contribution in [-0.4, -0.2) is 25.9 Å². The number of aromatic nitrogens is 4. The highest BCUT2D eigenvalue weighted by Crippen LogP contribution is 2.34. The van der Waals surface area contributed by atoms with Crippen LogP contribution in [0.4, 0.5) is 13.2 Å². The molecular formula is C14H18F3N5S. The topological polar surface area (TPSA) is 55.6 Å². The highest BCUT2D eigenvalue weighted by Gasteiger charge is 2.42. The second-order valence-electron chi connectivity index (χ2n) is 5.61. The van der Waals surface area contributed by atoms with Crippen molar-refractivity contribution in [2.24, 2.45) is 5.92 Å². The van der Waals surface area contributed by atoms with Gasteiger partial charge in [0.05, 0.1) is 23.2 Å². The van der Waals surface area contributed by atoms with E-state index in [1.54, 1.807) is 15.9 Å². The number of nitrogens with one attached hydrogen (secondary N) is 1. The number of rotatable bonds is 5. The average molecular weight is 345 g/mol. The Morgan fingerprint density at radius 2 is 2.17 bits per heavy atom. The number of hydrogen-bond donors (Lipinski definition) is 1. The van der Waals surface area contributed by atoms with Crippen LogP contribution in [-0.2, 0) is 32.5 Å². The van der Waals surface area contributed by atoms with Gasteiger partial charge in [-0.2, -0.15) is 13.2 Å². The van der Waals surface area contributed by atoms with Crippen LogP contribution in [0.1, 0.15) is 35.7 Å². The summed E-state index contributed by atoms with van der Waals surface area (Å²) in [6, 6.07) is 0. The van der Waals surface area contributed by atoms with Gasteiger partial charge >= 0.3 is 6.18 Å². The SMILES string of the molecule is CCc1nc(CNCc2nnc3n2C[C@H](C(F)(F)F)CC3)cs1. The highest BCUT2D eigenvalue weighted by atomic mass is 32.1. The van der Waals surface area contributed by atoms with Crippen LogP contribution in [0.25, 0.3) is 0 Å². The van der Waals surface area contributed by atoms with E-state index in [-0.39, 0.29) is 13.0 Å². The molecule has 2 aromatic rings. The number of fused-ring (bicyclic) bond motifs is 1. The summed E-state index contributed by atoms with van der Waals surface area (Å²) in [6.07, 6.45) is -2.85. The molecule has 0 bridgehead atoms. The molecule has 2 aromatic heterocycles. The zero-order chi connectivity index (χ0) is 16.4. The number of aryl methyl sites for hydroxylation is 2. The van der Waals surface area contributed by atoms with Crippen LogP contribution in [0, 0.1) is 5.92 Å². The van der Waals surface area contributed by atoms with Gasteiger partial charge in [-0.3, -0.25) is 0 Å². The van der Waals surface area contributed by atoms with Crippen molar-refractivity contribution in [1.29, 1.82) is 0 Å². The molecule has 0 saturated heterocycles. The lowest BCUT2D eigenvalue weighted by molar-refractivity contribution is -0.182. The van der Waals surface area contributed by atoms with E-state index in [0.717, 1.165) is 17.1 Å². The van der Waals surface area contributed by atoms with E-state index in [2.05, 4.69) is 27.4 Å². The minimum absolute atomic E-state index is 0.0838. The van der Waals surface area contributed by atoms with Crippen LogP contribution >= 0.6 is 11.3 Å². The molecule has 9 heteroatoms. The molecule has 1 aliphatic rings. The Labute approximate surface area is 136 Å². The molecule has 1 atom stereocenters. The lowest BCUT2D eigenvalue weighted by Crippen LogP contribution is -2.33. The zero-order valence-corrected chi connectivity index (χ0v) is 13.5. The standard InChI is InChI=1S/C14H18F3N5S/c1-2-13-19-10(8-23-13)5-18-6-12-21-20-11-4-3-9(7-22(11)12)14(15,16)17/h8-9,18H,2-7H2,1H3/t9-/m1/s1. The fraction of sp³-hybridized carbons (Fsp3) is 0.643. The van der Waals surface area contributed by atoms with E-state index in [9.17, 15) is 13.2 Å². The molecule has 0 aromatic carbocycles. The molecule has 0 spiro atoms. The van der Waals surface area contributed by atoms with Gasteiger partial charge in [0.25, 0.3) is 0 Å². The predicted molar refractivity (Wildman–Crippen MR) is 79.9 cm³/mol. The number of thiazole rings is 1. The number of nitrogens with zero attached hydrogens (tertiary/aromatic N) is 4. The van der Waals surface area contributed by atoms with Crippen molar-refractivity contribution in [1.82, 2.24) is 25.1 Å². The molecule has 3 heterocycles. The van der Waals surface area contributed by atoms with Crippen LogP contribution in [0.15, 0.2) is 5.38 Å². The van der Waals surface area contributed by atoms with Crippen LogP contribution in [0.2, 0.25) is 0 Å². The Morgan fingerprint density at radius 1 is 1.35 bits per heavy atom. The highest BCUT2D eigenvalue weighted by molar-refractivity contribution is 7.09. The molecule has 0 unspecified atom stereocenters. The van der Waals surface area contributed by atoms with Gasteiger partial charge in [0.1, 0.15) is 11.6 Å². The molecule has 0 radical (unpaired) electrons. The Hall–Kier alpha value is -1.48. The lowest BCUT2D eigenvalue weighted by atomic mass is 9.99. The maximum absolute atomic E-state index is 12.9. The molecule has 1 aliphatic heterocycles. The minimum atomic E-state index is -4.16. The van der Waals surface area contributed by atoms with E-state index in [0.29, 0.717) is 31.2 Å². The van der Waals surface area contributed by atoms with Gasteiger partial charge in [-0.05, 0) is 12.8 Å². The van der Waals surface area contributed by atoms with Crippen molar-refractivity contribution in [3.63, 3.8) is 0 Å². The first-order chi connectivity index (χ1) is 11.0. The zero-order valence-electron chi connectivity index (χ0n) is 12.7. The van der Waals surface area contributed by atoms with Gasteiger partial charge in [-0.25, -0.2) is 4.98 Å². The second kappa shape index (κ2) is 6.56. The van der Waals surface area contributed by atoms with E-state index in [4.69, 9.17) is 0 Å². The third kappa shape index (κ3) is 3.72. The number of hydrogen-bond acceptors (Lipinski definition) is 5. The fourth-order valence-corrected chi connectivity index (χ4v) is 3.42. The Balaban J connectivity index is 1.60. The van der Waals surface area contributed by atoms with E-state index in [1.807, 2.05) is 5.38 Å². The normalized spacial score (nSPS) is 18.2. The molecule has 23 heavy (non-hydrogen) atoms. The molecule has 3 rings (SSSR count). The second-order valence-corrected chi connectivity index (χ2v) is 6.55. The van der Waals surface area contributed by atoms with Crippen molar-refractivity contribution in [2.45, 2.75) is 52.0 Å². The molecule has 5 nitrogen and oxygen atoms in total. The maximum atomic E-state index is 12.9. The van der Waals surface area contributed by atoms with Gasteiger partial charge in [0.15, 0.2) is 0 Å². The third-order valence-electron chi connectivity index (χ3n) is 3.98. The fourth-order valence-electron chi connectivity index (χ4n) is 2.68. The van der Waals surface area contributed by atoms with Crippen molar-refractivity contribution in [2.75, 3.05) is 0 Å². The Bertz CT molecular complexity index is 664. The van der Waals surface area contributed by atoms with Gasteiger partial charge < -0.3 is 9.88 Å². The van der Waals surface area contributed by atoms with E-state index >= 15 is 0 Å². The summed E-state index contributed by atoms with van der Waals surface area (Å²) in [5.74, 6) is -0.112. The Kier molecular flexibility index (Phi) is 4.67. The van der Waals surface area contributed by atoms with Crippen molar-refractivity contribution < 1.29 is 13.2 Å². The van der Waals surface area contributed by atoms with E-state index in [1.165, 1.54) is 0 Å². The lowest BCUT2D eigenvalue weighted by Gasteiger charge is -2.26. The first-order valence-electron chi connectivity index (χ1n) is 7.59. The van der Waals surface area contributed by atoms with E-state index < -0.39 is 12.1 Å². The summed E-state index contributed by atoms with van der Waals surface area (Å²) < 4.78 is 40.3. The summed E-state index contributed by atoms with van der Waals surface area (Å²) in [4.78, 5) is 4.44. The average Bonchev–Trinajstić information content (AvgIpc) is 3.13. The molecule has 0 saturated carbocycles. The summed E-state index contributed by atoms with van der Waals surface area (Å²) >= 11 is 1.61. The molecular weight excluding hydrogens is 327 g/mol. The smallest absolute Gasteiger partial charge is 0.313 e. The van der Waals surface area contributed by atoms with Gasteiger partial charge in [0.2, 0.25) is 0 Å². The molecule has 0 amide bonds. The van der Waals surface area contributed by atoms with Crippen LogP contribution < -0.4 is 5.32 Å². The number of alkyl halides is 3. The summed E-state index contributed by atoms with van der Waals surface area (Å²) in [5, 5.41) is 14.3. The van der Waals surface area contributed by atoms with Gasteiger partial charge in [-0.1, -0.05) is 6.92 Å². The van der Waals surface area contributed by atoms with Crippen LogP contribution in [0.3, 0.4) is 0 Å². The predicted octanol–water partition coefficient (Wildman–Crippen LogP) is 2.71. The maximum Gasteiger partial charge on any atom is 0.393 e. The van der Waals surface area contributed by atoms with Crippen LogP contribution in [0.5, 0.6) is 0 Å². The minimum Gasteiger partial charge on any atom is -0.313 e. The van der Waals surface area contributed by atoms with Crippen molar-refractivity contribution in [3.05, 3.63) is 27.7 Å². The molecule has 126 valence electrons. The molecule has 0 aliphatic carbocycles. The quantitative estimate of drug-likeness (QED) is 0.905. The van der Waals surface area contributed by atoms with Gasteiger partial charge in [0, 0.05) is 24.9 Å². The third-order valence-corrected chi connectivity index (χ3v) is 5.02. The summed E-state index contributed by atoms with van der Waals surface area (Å²) in [7, 11) is 0. The first-order valence-corrected chi connectivity index (χ1v) is 8.47. The monoisotopic (exact) mass is 345 g/mol.